The normalized spacial score (nSPS) is 10.6. The van der Waals surface area contributed by atoms with Crippen LogP contribution in [0, 0.1) is 0 Å². The molecule has 0 aliphatic rings. The van der Waals surface area contributed by atoms with Gasteiger partial charge in [0.25, 0.3) is 0 Å². The molecule has 0 amide bonds. The SMILES string of the molecule is c1ccc(CCCc2cc(-c3ccccc3)n[nH]2)cc1. The molecule has 1 heterocycles. The van der Waals surface area contributed by atoms with Crippen LogP contribution in [0.1, 0.15) is 17.7 Å². The molecule has 2 nitrogen and oxygen atoms in total. The van der Waals surface area contributed by atoms with Crippen LogP contribution >= 0.6 is 0 Å². The summed E-state index contributed by atoms with van der Waals surface area (Å²) in [7, 11) is 0. The monoisotopic (exact) mass is 262 g/mol. The van der Waals surface area contributed by atoms with Gasteiger partial charge < -0.3 is 0 Å². The van der Waals surface area contributed by atoms with Crippen LogP contribution < -0.4 is 0 Å². The molecular weight excluding hydrogens is 244 g/mol. The number of nitrogens with zero attached hydrogens (tertiary/aromatic N) is 1. The average Bonchev–Trinajstić information content (AvgIpc) is 2.98. The lowest BCUT2D eigenvalue weighted by molar-refractivity contribution is 0.793. The molecule has 0 aliphatic carbocycles. The third kappa shape index (κ3) is 3.15. The standard InChI is InChI=1S/C18H18N2/c1-3-8-15(9-4-1)10-7-13-17-14-18(20-19-17)16-11-5-2-6-12-16/h1-6,8-9,11-12,14H,7,10,13H2,(H,19,20). The van der Waals surface area contributed by atoms with Crippen LogP contribution in [0.3, 0.4) is 0 Å². The van der Waals surface area contributed by atoms with E-state index in [1.807, 2.05) is 18.2 Å². The number of rotatable bonds is 5. The molecule has 3 rings (SSSR count). The summed E-state index contributed by atoms with van der Waals surface area (Å²) in [6, 6.07) is 23.1. The van der Waals surface area contributed by atoms with Crippen molar-refractivity contribution in [3.63, 3.8) is 0 Å². The molecule has 100 valence electrons. The van der Waals surface area contributed by atoms with Crippen molar-refractivity contribution in [3.05, 3.63) is 78.0 Å². The van der Waals surface area contributed by atoms with Crippen molar-refractivity contribution < 1.29 is 0 Å². The number of aryl methyl sites for hydroxylation is 2. The molecule has 1 aromatic heterocycles. The second-order valence-corrected chi connectivity index (χ2v) is 4.98. The van der Waals surface area contributed by atoms with Gasteiger partial charge in [-0.15, -0.1) is 0 Å². The Morgan fingerprint density at radius 2 is 1.50 bits per heavy atom. The van der Waals surface area contributed by atoms with Gasteiger partial charge in [-0.1, -0.05) is 60.7 Å². The largest absolute Gasteiger partial charge is 0.282 e. The Labute approximate surface area is 119 Å². The van der Waals surface area contributed by atoms with Crippen molar-refractivity contribution in [2.75, 3.05) is 0 Å². The molecule has 0 aliphatic heterocycles. The summed E-state index contributed by atoms with van der Waals surface area (Å²) in [6.07, 6.45) is 3.29. The van der Waals surface area contributed by atoms with E-state index in [1.165, 1.54) is 11.3 Å². The van der Waals surface area contributed by atoms with Crippen LogP contribution in [-0.4, -0.2) is 10.2 Å². The molecule has 20 heavy (non-hydrogen) atoms. The number of aromatic amines is 1. The van der Waals surface area contributed by atoms with E-state index in [-0.39, 0.29) is 0 Å². The Kier molecular flexibility index (Phi) is 3.93. The topological polar surface area (TPSA) is 28.7 Å². The Balaban J connectivity index is 1.58. The van der Waals surface area contributed by atoms with E-state index in [4.69, 9.17) is 0 Å². The third-order valence-electron chi connectivity index (χ3n) is 3.45. The van der Waals surface area contributed by atoms with Crippen molar-refractivity contribution in [2.24, 2.45) is 0 Å². The second kappa shape index (κ2) is 6.20. The predicted molar refractivity (Wildman–Crippen MR) is 82.5 cm³/mol. The van der Waals surface area contributed by atoms with Gasteiger partial charge in [0.15, 0.2) is 0 Å². The smallest absolute Gasteiger partial charge is 0.0923 e. The molecule has 3 aromatic rings. The number of hydrogen-bond acceptors (Lipinski definition) is 1. The Bertz CT molecular complexity index is 641. The summed E-state index contributed by atoms with van der Waals surface area (Å²) in [6.45, 7) is 0. The first-order valence-electron chi connectivity index (χ1n) is 7.05. The van der Waals surface area contributed by atoms with Crippen LogP contribution in [0.2, 0.25) is 0 Å². The van der Waals surface area contributed by atoms with Gasteiger partial charge in [0, 0.05) is 11.3 Å². The molecule has 2 heteroatoms. The van der Waals surface area contributed by atoms with Crippen molar-refractivity contribution in [1.82, 2.24) is 10.2 Å². The van der Waals surface area contributed by atoms with Crippen LogP contribution in [0.5, 0.6) is 0 Å². The zero-order valence-corrected chi connectivity index (χ0v) is 11.4. The molecule has 0 spiro atoms. The minimum Gasteiger partial charge on any atom is -0.282 e. The number of aromatic nitrogens is 2. The summed E-state index contributed by atoms with van der Waals surface area (Å²) >= 11 is 0. The number of nitrogens with one attached hydrogen (secondary N) is 1. The van der Waals surface area contributed by atoms with E-state index >= 15 is 0 Å². The van der Waals surface area contributed by atoms with E-state index in [9.17, 15) is 0 Å². The quantitative estimate of drug-likeness (QED) is 0.731. The number of benzene rings is 2. The maximum Gasteiger partial charge on any atom is 0.0923 e. The van der Waals surface area contributed by atoms with Gasteiger partial charge in [0.05, 0.1) is 5.69 Å². The second-order valence-electron chi connectivity index (χ2n) is 4.98. The van der Waals surface area contributed by atoms with E-state index in [0.29, 0.717) is 0 Å². The fourth-order valence-electron chi connectivity index (χ4n) is 2.37. The summed E-state index contributed by atoms with van der Waals surface area (Å²) in [4.78, 5) is 0. The minimum absolute atomic E-state index is 1.03. The zero-order valence-electron chi connectivity index (χ0n) is 11.4. The van der Waals surface area contributed by atoms with E-state index in [1.54, 1.807) is 0 Å². The molecule has 0 bridgehead atoms. The maximum absolute atomic E-state index is 4.39. The summed E-state index contributed by atoms with van der Waals surface area (Å²) in [5, 5.41) is 7.53. The number of H-pyrrole nitrogens is 1. The lowest BCUT2D eigenvalue weighted by Crippen LogP contribution is -1.90. The molecular formula is C18H18N2. The Morgan fingerprint density at radius 1 is 0.800 bits per heavy atom. The van der Waals surface area contributed by atoms with E-state index in [0.717, 1.165) is 30.5 Å². The summed E-state index contributed by atoms with van der Waals surface area (Å²) < 4.78 is 0. The van der Waals surface area contributed by atoms with Gasteiger partial charge in [0.2, 0.25) is 0 Å². The zero-order chi connectivity index (χ0) is 13.6. The summed E-state index contributed by atoms with van der Waals surface area (Å²) in [5.41, 5.74) is 4.80. The highest BCUT2D eigenvalue weighted by molar-refractivity contribution is 5.58. The Hall–Kier alpha value is -2.35. The lowest BCUT2D eigenvalue weighted by Gasteiger charge is -1.99. The van der Waals surface area contributed by atoms with Crippen molar-refractivity contribution in [1.29, 1.82) is 0 Å². The first kappa shape index (κ1) is 12.7. The maximum atomic E-state index is 4.39. The fourth-order valence-corrected chi connectivity index (χ4v) is 2.37. The van der Waals surface area contributed by atoms with E-state index in [2.05, 4.69) is 58.7 Å². The Morgan fingerprint density at radius 3 is 2.25 bits per heavy atom. The van der Waals surface area contributed by atoms with Crippen molar-refractivity contribution in [3.8, 4) is 11.3 Å². The highest BCUT2D eigenvalue weighted by atomic mass is 15.1. The molecule has 0 fully saturated rings. The highest BCUT2D eigenvalue weighted by Gasteiger charge is 2.03. The molecule has 0 atom stereocenters. The average molecular weight is 262 g/mol. The van der Waals surface area contributed by atoms with Gasteiger partial charge in [-0.05, 0) is 30.9 Å². The molecule has 2 aromatic carbocycles. The predicted octanol–water partition coefficient (Wildman–Crippen LogP) is 4.25. The molecule has 0 saturated carbocycles. The van der Waals surface area contributed by atoms with E-state index < -0.39 is 0 Å². The van der Waals surface area contributed by atoms with Crippen LogP contribution in [-0.2, 0) is 12.8 Å². The van der Waals surface area contributed by atoms with Gasteiger partial charge in [-0.2, -0.15) is 5.10 Å². The molecule has 0 saturated heterocycles. The first-order valence-corrected chi connectivity index (χ1v) is 7.05. The van der Waals surface area contributed by atoms with Crippen LogP contribution in [0.25, 0.3) is 11.3 Å². The van der Waals surface area contributed by atoms with Crippen LogP contribution in [0.4, 0.5) is 0 Å². The van der Waals surface area contributed by atoms with Gasteiger partial charge in [-0.25, -0.2) is 0 Å². The van der Waals surface area contributed by atoms with Crippen LogP contribution in [0.15, 0.2) is 66.7 Å². The number of hydrogen-bond donors (Lipinski definition) is 1. The van der Waals surface area contributed by atoms with Crippen molar-refractivity contribution in [2.45, 2.75) is 19.3 Å². The summed E-state index contributed by atoms with van der Waals surface area (Å²) in [5.74, 6) is 0. The molecule has 0 radical (unpaired) electrons. The van der Waals surface area contributed by atoms with Crippen molar-refractivity contribution >= 4 is 0 Å². The highest BCUT2D eigenvalue weighted by Crippen LogP contribution is 2.17. The third-order valence-corrected chi connectivity index (χ3v) is 3.45. The molecule has 1 N–H and O–H groups in total. The van der Waals surface area contributed by atoms with Gasteiger partial charge in [-0.3, -0.25) is 5.10 Å². The fraction of sp³-hybridized carbons (Fsp3) is 0.167. The van der Waals surface area contributed by atoms with Gasteiger partial charge in [0.1, 0.15) is 0 Å². The van der Waals surface area contributed by atoms with Gasteiger partial charge >= 0.3 is 0 Å². The lowest BCUT2D eigenvalue weighted by atomic mass is 10.1. The minimum atomic E-state index is 1.03. The molecule has 0 unspecified atom stereocenters. The first-order chi connectivity index (χ1) is 9.92.